The molecule has 4 nitrogen and oxygen atoms in total. The molecule has 4 aromatic heterocycles. The average Bonchev–Trinajstić information content (AvgIpc) is 3.96. The molecule has 0 spiro atoms. The number of para-hydroxylation sites is 2. The van der Waals surface area contributed by atoms with Gasteiger partial charge in [0, 0.05) is 47.6 Å². The van der Waals surface area contributed by atoms with Crippen LogP contribution < -0.4 is 0 Å². The number of aromatic nitrogens is 3. The molecule has 0 aliphatic rings. The van der Waals surface area contributed by atoms with Crippen LogP contribution in [0.3, 0.4) is 0 Å². The van der Waals surface area contributed by atoms with Crippen LogP contribution in [0.1, 0.15) is 0 Å². The first-order valence-electron chi connectivity index (χ1n) is 19.1. The van der Waals surface area contributed by atoms with Gasteiger partial charge in [0.25, 0.3) is 0 Å². The fourth-order valence-corrected chi connectivity index (χ4v) is 9.82. The van der Waals surface area contributed by atoms with Crippen LogP contribution in [0.2, 0.25) is 0 Å². The Balaban J connectivity index is 0.947. The zero-order valence-electron chi connectivity index (χ0n) is 30.6. The summed E-state index contributed by atoms with van der Waals surface area (Å²) in [6, 6.07) is 65.1. The first-order valence-corrected chi connectivity index (χ1v) is 19.9. The second-order valence-electron chi connectivity index (χ2n) is 14.6. The van der Waals surface area contributed by atoms with E-state index in [1.165, 1.54) is 64.2 Å². The first kappa shape index (κ1) is 32.0. The molecule has 0 amide bonds. The molecular formula is C52H31N3OS. The maximum absolute atomic E-state index is 6.59. The van der Waals surface area contributed by atoms with Crippen LogP contribution in [0.4, 0.5) is 0 Å². The molecule has 0 fully saturated rings. The number of hydrogen-bond donors (Lipinski definition) is 0. The summed E-state index contributed by atoms with van der Waals surface area (Å²) in [7, 11) is 0. The molecule has 0 atom stereocenters. The van der Waals surface area contributed by atoms with Crippen molar-refractivity contribution in [3.05, 3.63) is 188 Å². The topological polar surface area (TPSA) is 43.9 Å². The van der Waals surface area contributed by atoms with Crippen molar-refractivity contribution in [1.82, 2.24) is 14.5 Å². The molecule has 0 saturated heterocycles. The molecule has 0 bridgehead atoms. The van der Waals surface area contributed by atoms with Crippen molar-refractivity contribution >= 4 is 75.4 Å². The highest BCUT2D eigenvalue weighted by Crippen LogP contribution is 2.44. The minimum absolute atomic E-state index is 0.704. The van der Waals surface area contributed by atoms with Crippen LogP contribution in [0.15, 0.2) is 193 Å². The predicted molar refractivity (Wildman–Crippen MR) is 238 cm³/mol. The normalized spacial score (nSPS) is 11.9. The van der Waals surface area contributed by atoms with Crippen molar-refractivity contribution in [2.75, 3.05) is 0 Å². The molecule has 0 N–H and O–H groups in total. The number of thiophene rings is 1. The lowest BCUT2D eigenvalue weighted by molar-refractivity contribution is 0.667. The Morgan fingerprint density at radius 2 is 1.09 bits per heavy atom. The smallest absolute Gasteiger partial charge is 0.180 e. The Kier molecular flexibility index (Phi) is 7.06. The third-order valence-corrected chi connectivity index (χ3v) is 12.5. The summed E-state index contributed by atoms with van der Waals surface area (Å²) < 4.78 is 11.4. The summed E-state index contributed by atoms with van der Waals surface area (Å²) in [4.78, 5) is 9.64. The van der Waals surface area contributed by atoms with Gasteiger partial charge < -0.3 is 8.98 Å². The highest BCUT2D eigenvalue weighted by molar-refractivity contribution is 7.26. The van der Waals surface area contributed by atoms with Crippen molar-refractivity contribution in [3.8, 4) is 50.3 Å². The number of nitrogens with zero attached hydrogens (tertiary/aromatic N) is 3. The van der Waals surface area contributed by atoms with Gasteiger partial charge in [0.2, 0.25) is 0 Å². The molecule has 0 radical (unpaired) electrons. The van der Waals surface area contributed by atoms with E-state index in [9.17, 15) is 0 Å². The lowest BCUT2D eigenvalue weighted by atomic mass is 9.99. The molecular weight excluding hydrogens is 715 g/mol. The monoisotopic (exact) mass is 745 g/mol. The lowest BCUT2D eigenvalue weighted by Gasteiger charge is -2.08. The maximum atomic E-state index is 6.59. The van der Waals surface area contributed by atoms with E-state index in [2.05, 4.69) is 180 Å². The number of fused-ring (bicyclic) bond motifs is 9. The fourth-order valence-electron chi connectivity index (χ4n) is 8.64. The molecule has 4 heterocycles. The minimum Gasteiger partial charge on any atom is -0.452 e. The molecule has 5 heteroatoms. The van der Waals surface area contributed by atoms with Crippen molar-refractivity contribution in [3.63, 3.8) is 0 Å². The van der Waals surface area contributed by atoms with Gasteiger partial charge in [0.1, 0.15) is 23.1 Å². The standard InChI is InChI=1S/C52H31N3OS/c1-3-10-32(11-4-1)33-18-20-34(21-19-33)35-24-27-46-43(29-35)51-52(56-46)50(53-31-54-51)41-15-9-17-47-49(41)40-25-22-37(30-48(40)57-47)36-23-26-45-42(28-36)39-14-7-8-16-44(39)55(45)38-12-5-2-6-13-38/h1-31H. The Morgan fingerprint density at radius 1 is 0.439 bits per heavy atom. The van der Waals surface area contributed by atoms with E-state index < -0.39 is 0 Å². The van der Waals surface area contributed by atoms with Crippen LogP contribution in [0.25, 0.3) is 114 Å². The van der Waals surface area contributed by atoms with E-state index in [0.717, 1.165) is 44.6 Å². The van der Waals surface area contributed by atoms with Crippen LogP contribution in [-0.4, -0.2) is 14.5 Å². The van der Waals surface area contributed by atoms with E-state index in [1.807, 2.05) is 17.4 Å². The summed E-state index contributed by atoms with van der Waals surface area (Å²) in [6.45, 7) is 0. The molecule has 0 saturated carbocycles. The van der Waals surface area contributed by atoms with Crippen molar-refractivity contribution in [1.29, 1.82) is 0 Å². The first-order chi connectivity index (χ1) is 28.2. The Bertz CT molecular complexity index is 3510. The molecule has 8 aromatic carbocycles. The van der Waals surface area contributed by atoms with E-state index in [-0.39, 0.29) is 0 Å². The molecule has 12 aromatic rings. The predicted octanol–water partition coefficient (Wildman–Crippen LogP) is 14.5. The van der Waals surface area contributed by atoms with Crippen LogP contribution in [-0.2, 0) is 0 Å². The third-order valence-electron chi connectivity index (χ3n) is 11.3. The molecule has 0 aliphatic heterocycles. The molecule has 266 valence electrons. The van der Waals surface area contributed by atoms with Gasteiger partial charge in [-0.15, -0.1) is 11.3 Å². The quantitative estimate of drug-likeness (QED) is 0.176. The Labute approximate surface area is 331 Å². The summed E-state index contributed by atoms with van der Waals surface area (Å²) in [5.74, 6) is 0. The fraction of sp³-hybridized carbons (Fsp3) is 0. The largest absolute Gasteiger partial charge is 0.452 e. The number of furan rings is 1. The van der Waals surface area contributed by atoms with Gasteiger partial charge in [0.05, 0.1) is 11.0 Å². The van der Waals surface area contributed by atoms with Gasteiger partial charge in [0.15, 0.2) is 5.58 Å². The highest BCUT2D eigenvalue weighted by Gasteiger charge is 2.20. The van der Waals surface area contributed by atoms with Gasteiger partial charge in [-0.25, -0.2) is 9.97 Å². The van der Waals surface area contributed by atoms with Gasteiger partial charge in [-0.3, -0.25) is 0 Å². The summed E-state index contributed by atoms with van der Waals surface area (Å²) >= 11 is 1.82. The second-order valence-corrected chi connectivity index (χ2v) is 15.7. The third kappa shape index (κ3) is 5.06. The van der Waals surface area contributed by atoms with Gasteiger partial charge >= 0.3 is 0 Å². The Hall–Kier alpha value is -7.34. The van der Waals surface area contributed by atoms with E-state index in [1.54, 1.807) is 6.33 Å². The van der Waals surface area contributed by atoms with Crippen molar-refractivity contribution < 1.29 is 4.42 Å². The van der Waals surface area contributed by atoms with Gasteiger partial charge in [-0.05, 0) is 88.0 Å². The summed E-state index contributed by atoms with van der Waals surface area (Å²) in [5, 5.41) is 5.87. The van der Waals surface area contributed by atoms with Crippen LogP contribution in [0, 0.1) is 0 Å². The van der Waals surface area contributed by atoms with Crippen LogP contribution >= 0.6 is 11.3 Å². The van der Waals surface area contributed by atoms with E-state index >= 15 is 0 Å². The van der Waals surface area contributed by atoms with Crippen molar-refractivity contribution in [2.24, 2.45) is 0 Å². The highest BCUT2D eigenvalue weighted by atomic mass is 32.1. The number of rotatable bonds is 5. The number of hydrogen-bond acceptors (Lipinski definition) is 4. The van der Waals surface area contributed by atoms with Crippen LogP contribution in [0.5, 0.6) is 0 Å². The Morgan fingerprint density at radius 3 is 1.95 bits per heavy atom. The molecule has 12 rings (SSSR count). The summed E-state index contributed by atoms with van der Waals surface area (Å²) in [5.41, 5.74) is 14.8. The van der Waals surface area contributed by atoms with Gasteiger partial charge in [-0.1, -0.05) is 127 Å². The molecule has 57 heavy (non-hydrogen) atoms. The van der Waals surface area contributed by atoms with E-state index in [4.69, 9.17) is 14.4 Å². The average molecular weight is 746 g/mol. The SMILES string of the molecule is c1ccc(-c2ccc(-c3ccc4oc5c(-c6cccc7sc8cc(-c9ccc%10c(c9)c9ccccc9n%10-c9ccccc9)ccc8c67)ncnc5c4c3)cc2)cc1. The molecule has 0 aliphatic carbocycles. The second kappa shape index (κ2) is 12.6. The molecule has 0 unspecified atom stereocenters. The maximum Gasteiger partial charge on any atom is 0.180 e. The lowest BCUT2D eigenvalue weighted by Crippen LogP contribution is -1.92. The van der Waals surface area contributed by atoms with Gasteiger partial charge in [-0.2, -0.15) is 0 Å². The zero-order valence-corrected chi connectivity index (χ0v) is 31.4. The summed E-state index contributed by atoms with van der Waals surface area (Å²) in [6.07, 6.45) is 1.67. The van der Waals surface area contributed by atoms with E-state index in [0.29, 0.717) is 5.58 Å². The zero-order chi connectivity index (χ0) is 37.5. The minimum atomic E-state index is 0.704. The number of benzene rings is 8. The van der Waals surface area contributed by atoms with Crippen molar-refractivity contribution in [2.45, 2.75) is 0 Å².